The molecule has 0 bridgehead atoms. The molecule has 0 fully saturated rings. The van der Waals surface area contributed by atoms with E-state index in [0.717, 1.165) is 52.5 Å². The van der Waals surface area contributed by atoms with Gasteiger partial charge < -0.3 is 4.74 Å². The minimum absolute atomic E-state index is 0.842. The van der Waals surface area contributed by atoms with Crippen LogP contribution in [0.4, 0.5) is 5.69 Å². The second-order valence-corrected chi connectivity index (χ2v) is 9.59. The third-order valence-electron chi connectivity index (χ3n) is 6.30. The standard InChI is InChI=1S/C29H29N3OS/c1-20-12-17-26(21(2)18-20)30-29-32(28(19-34-29)23-13-15-24(33-3)16-14-23)31-27-11-7-5-9-22-8-4-6-10-25(22)27/h4,6,8,10,12-19H,5,7,9,11H2,1-3H3/b30-29?,31-27+. The van der Waals surface area contributed by atoms with E-state index in [1.807, 2.05) is 16.8 Å². The van der Waals surface area contributed by atoms with Gasteiger partial charge in [0.1, 0.15) is 5.75 Å². The van der Waals surface area contributed by atoms with Crippen LogP contribution in [-0.4, -0.2) is 17.5 Å². The van der Waals surface area contributed by atoms with Crippen LogP contribution in [0.5, 0.6) is 5.75 Å². The number of hydrogen-bond donors (Lipinski definition) is 0. The van der Waals surface area contributed by atoms with E-state index in [1.165, 1.54) is 28.7 Å². The van der Waals surface area contributed by atoms with Gasteiger partial charge in [0, 0.05) is 16.5 Å². The van der Waals surface area contributed by atoms with Gasteiger partial charge in [0.25, 0.3) is 0 Å². The zero-order chi connectivity index (χ0) is 23.5. The van der Waals surface area contributed by atoms with Crippen LogP contribution in [0.1, 0.15) is 41.5 Å². The number of rotatable bonds is 4. The molecular weight excluding hydrogens is 438 g/mol. The zero-order valence-electron chi connectivity index (χ0n) is 19.9. The van der Waals surface area contributed by atoms with Gasteiger partial charge >= 0.3 is 0 Å². The van der Waals surface area contributed by atoms with Crippen LogP contribution in [0.25, 0.3) is 11.3 Å². The second kappa shape index (κ2) is 9.82. The highest BCUT2D eigenvalue weighted by Gasteiger charge is 2.16. The molecule has 34 heavy (non-hydrogen) atoms. The molecule has 1 aromatic heterocycles. The van der Waals surface area contributed by atoms with Crippen molar-refractivity contribution < 1.29 is 4.74 Å². The monoisotopic (exact) mass is 467 g/mol. The number of ether oxygens (including phenoxy) is 1. The molecule has 0 atom stereocenters. The molecule has 0 amide bonds. The zero-order valence-corrected chi connectivity index (χ0v) is 20.7. The van der Waals surface area contributed by atoms with Crippen LogP contribution in [0.15, 0.2) is 82.2 Å². The highest BCUT2D eigenvalue weighted by molar-refractivity contribution is 7.07. The van der Waals surface area contributed by atoms with Crippen LogP contribution in [0, 0.1) is 13.8 Å². The Balaban J connectivity index is 1.71. The van der Waals surface area contributed by atoms with Crippen molar-refractivity contribution in [3.63, 3.8) is 0 Å². The fraction of sp³-hybridized carbons (Fsp3) is 0.241. The molecule has 1 heterocycles. The summed E-state index contributed by atoms with van der Waals surface area (Å²) in [5.41, 5.74) is 9.27. The summed E-state index contributed by atoms with van der Waals surface area (Å²) in [6.07, 6.45) is 4.40. The maximum absolute atomic E-state index is 5.37. The molecular formula is C29H29N3OS. The summed E-state index contributed by atoms with van der Waals surface area (Å²) in [7, 11) is 1.69. The van der Waals surface area contributed by atoms with Gasteiger partial charge in [0.2, 0.25) is 4.80 Å². The van der Waals surface area contributed by atoms with E-state index in [0.29, 0.717) is 0 Å². The van der Waals surface area contributed by atoms with Crippen LogP contribution in [0.2, 0.25) is 0 Å². The lowest BCUT2D eigenvalue weighted by Crippen LogP contribution is -2.15. The molecule has 1 aliphatic rings. The number of benzene rings is 3. The van der Waals surface area contributed by atoms with Gasteiger partial charge in [-0.3, -0.25) is 0 Å². The molecule has 0 unspecified atom stereocenters. The van der Waals surface area contributed by atoms with Crippen LogP contribution in [-0.2, 0) is 6.42 Å². The fourth-order valence-corrected chi connectivity index (χ4v) is 5.30. The number of hydrogen-bond acceptors (Lipinski definition) is 4. The Morgan fingerprint density at radius 3 is 2.50 bits per heavy atom. The number of aromatic nitrogens is 1. The number of thiazole rings is 1. The van der Waals surface area contributed by atoms with Crippen molar-refractivity contribution in [3.8, 4) is 17.0 Å². The quantitative estimate of drug-likeness (QED) is 0.296. The van der Waals surface area contributed by atoms with Gasteiger partial charge in [-0.15, -0.1) is 11.3 Å². The first-order valence-electron chi connectivity index (χ1n) is 11.8. The highest BCUT2D eigenvalue weighted by atomic mass is 32.1. The summed E-state index contributed by atoms with van der Waals surface area (Å²) < 4.78 is 7.40. The summed E-state index contributed by atoms with van der Waals surface area (Å²) >= 11 is 1.62. The van der Waals surface area contributed by atoms with Crippen LogP contribution < -0.4 is 9.54 Å². The minimum atomic E-state index is 0.842. The molecule has 0 N–H and O–H groups in total. The first-order chi connectivity index (χ1) is 16.6. The smallest absolute Gasteiger partial charge is 0.211 e. The largest absolute Gasteiger partial charge is 0.497 e. The molecule has 1 aliphatic carbocycles. The van der Waals surface area contributed by atoms with E-state index < -0.39 is 0 Å². The van der Waals surface area contributed by atoms with Crippen molar-refractivity contribution in [3.05, 3.63) is 99.2 Å². The van der Waals surface area contributed by atoms with Gasteiger partial charge in [0.05, 0.1) is 24.2 Å². The number of aryl methyl sites for hydroxylation is 3. The number of fused-ring (bicyclic) bond motifs is 1. The van der Waals surface area contributed by atoms with E-state index >= 15 is 0 Å². The Bertz CT molecular complexity index is 1410. The molecule has 4 aromatic rings. The van der Waals surface area contributed by atoms with E-state index in [9.17, 15) is 0 Å². The lowest BCUT2D eigenvalue weighted by Gasteiger charge is -2.10. The lowest BCUT2D eigenvalue weighted by molar-refractivity contribution is 0.415. The molecule has 0 saturated carbocycles. The fourth-order valence-electron chi connectivity index (χ4n) is 4.45. The molecule has 3 aromatic carbocycles. The average Bonchev–Trinajstić information content (AvgIpc) is 3.12. The average molecular weight is 468 g/mol. The first kappa shape index (κ1) is 22.4. The molecule has 5 heteroatoms. The Hall–Kier alpha value is -3.44. The summed E-state index contributed by atoms with van der Waals surface area (Å²) in [5, 5.41) is 7.41. The maximum Gasteiger partial charge on any atom is 0.211 e. The Morgan fingerprint density at radius 2 is 1.71 bits per heavy atom. The lowest BCUT2D eigenvalue weighted by atomic mass is 10.0. The van der Waals surface area contributed by atoms with Crippen molar-refractivity contribution in [2.24, 2.45) is 10.1 Å². The minimum Gasteiger partial charge on any atom is -0.497 e. The van der Waals surface area contributed by atoms with Crippen LogP contribution >= 0.6 is 11.3 Å². The van der Waals surface area contributed by atoms with Gasteiger partial charge in [-0.2, -0.15) is 5.10 Å². The molecule has 0 spiro atoms. The van der Waals surface area contributed by atoms with Gasteiger partial charge in [0.15, 0.2) is 0 Å². The normalized spacial score (nSPS) is 15.3. The summed E-state index contributed by atoms with van der Waals surface area (Å²) in [4.78, 5) is 5.92. The highest BCUT2D eigenvalue weighted by Crippen LogP contribution is 2.26. The van der Waals surface area contributed by atoms with Crippen molar-refractivity contribution in [2.45, 2.75) is 39.5 Å². The van der Waals surface area contributed by atoms with Crippen molar-refractivity contribution in [2.75, 3.05) is 7.11 Å². The van der Waals surface area contributed by atoms with Crippen molar-refractivity contribution >= 4 is 22.7 Å². The topological polar surface area (TPSA) is 38.9 Å². The van der Waals surface area contributed by atoms with Crippen molar-refractivity contribution in [1.29, 1.82) is 0 Å². The second-order valence-electron chi connectivity index (χ2n) is 8.76. The summed E-state index contributed by atoms with van der Waals surface area (Å²) in [5.74, 6) is 0.842. The number of nitrogens with zero attached hydrogens (tertiary/aromatic N) is 3. The molecule has 0 saturated heterocycles. The molecule has 0 aliphatic heterocycles. The Kier molecular flexibility index (Phi) is 6.45. The summed E-state index contributed by atoms with van der Waals surface area (Å²) in [6, 6.07) is 23.2. The molecule has 0 radical (unpaired) electrons. The van der Waals surface area contributed by atoms with Crippen LogP contribution in [0.3, 0.4) is 0 Å². The summed E-state index contributed by atoms with van der Waals surface area (Å²) in [6.45, 7) is 4.22. The van der Waals surface area contributed by atoms with E-state index in [4.69, 9.17) is 14.8 Å². The SMILES string of the molecule is COc1ccc(-c2csc(=Nc3ccc(C)cc3C)n2/N=C2\CCCCc3ccccc32)cc1. The Morgan fingerprint density at radius 1 is 0.912 bits per heavy atom. The Labute approximate surface area is 204 Å². The third-order valence-corrected chi connectivity index (χ3v) is 7.11. The van der Waals surface area contributed by atoms with Gasteiger partial charge in [-0.05, 0) is 81.0 Å². The van der Waals surface area contributed by atoms with E-state index in [2.05, 4.69) is 73.8 Å². The molecule has 5 rings (SSSR count). The molecule has 172 valence electrons. The third kappa shape index (κ3) is 4.62. The van der Waals surface area contributed by atoms with Gasteiger partial charge in [-0.25, -0.2) is 9.67 Å². The predicted molar refractivity (Wildman–Crippen MR) is 141 cm³/mol. The maximum atomic E-state index is 5.37. The van der Waals surface area contributed by atoms with E-state index in [-0.39, 0.29) is 0 Å². The van der Waals surface area contributed by atoms with Gasteiger partial charge in [-0.1, -0.05) is 42.0 Å². The van der Waals surface area contributed by atoms with Crippen molar-refractivity contribution in [1.82, 2.24) is 4.68 Å². The number of methoxy groups -OCH3 is 1. The predicted octanol–water partition coefficient (Wildman–Crippen LogP) is 7.05. The molecule has 4 nitrogen and oxygen atoms in total. The van der Waals surface area contributed by atoms with E-state index in [1.54, 1.807) is 18.4 Å². The first-order valence-corrected chi connectivity index (χ1v) is 12.6.